The van der Waals surface area contributed by atoms with Gasteiger partial charge >= 0.3 is 12.1 Å². The van der Waals surface area contributed by atoms with Gasteiger partial charge < -0.3 is 19.2 Å². The van der Waals surface area contributed by atoms with E-state index in [4.69, 9.17) is 19.1 Å². The van der Waals surface area contributed by atoms with Crippen molar-refractivity contribution in [1.29, 1.82) is 0 Å². The summed E-state index contributed by atoms with van der Waals surface area (Å²) in [5.41, 5.74) is 0.371. The molecule has 0 saturated carbocycles. The monoisotopic (exact) mass is 472 g/mol. The van der Waals surface area contributed by atoms with Crippen LogP contribution in [0.2, 0.25) is 0 Å². The highest BCUT2D eigenvalue weighted by atomic mass is 19.4. The molecule has 2 fully saturated rings. The van der Waals surface area contributed by atoms with Crippen molar-refractivity contribution in [2.75, 3.05) is 33.3 Å². The Hall–Kier alpha value is -2.86. The van der Waals surface area contributed by atoms with Gasteiger partial charge in [-0.3, -0.25) is 14.4 Å². The molecule has 4 rings (SSSR count). The Morgan fingerprint density at radius 2 is 2.03 bits per heavy atom. The molecule has 0 aliphatic carbocycles. The van der Waals surface area contributed by atoms with E-state index in [1.54, 1.807) is 23.2 Å². The molecule has 12 heteroatoms. The third-order valence-electron chi connectivity index (χ3n) is 5.63. The van der Waals surface area contributed by atoms with Crippen molar-refractivity contribution in [3.63, 3.8) is 0 Å². The Morgan fingerprint density at radius 1 is 1.33 bits per heavy atom. The summed E-state index contributed by atoms with van der Waals surface area (Å²) in [5.74, 6) is -1.24. The highest BCUT2D eigenvalue weighted by Crippen LogP contribution is 2.36. The first-order valence-corrected chi connectivity index (χ1v) is 10.4. The number of ether oxygens (including phenoxy) is 1. The standard InChI is InChI=1S/C19H26N4O3.C2HF3O2/c1-21(11-16-4-3-9-25-16)10-15-5-7-19(26-12-15)13-23(14-19)18(24)17-6-8-22(2)20-17;3-2(4,5)1(6)7/h3-4,6,8-9,15H,5,7,10-14H2,1-2H3;(H,6,7). The molecule has 1 amide bonds. The summed E-state index contributed by atoms with van der Waals surface area (Å²) < 4.78 is 45.0. The summed E-state index contributed by atoms with van der Waals surface area (Å²) in [4.78, 5) is 25.4. The first-order valence-electron chi connectivity index (χ1n) is 10.4. The molecule has 182 valence electrons. The van der Waals surface area contributed by atoms with Crippen LogP contribution in [0.3, 0.4) is 0 Å². The van der Waals surface area contributed by atoms with E-state index in [0.717, 1.165) is 38.3 Å². The Labute approximate surface area is 188 Å². The van der Waals surface area contributed by atoms with E-state index in [0.29, 0.717) is 24.7 Å². The lowest BCUT2D eigenvalue weighted by atomic mass is 9.82. The fourth-order valence-electron chi connectivity index (χ4n) is 3.97. The Kier molecular flexibility index (Phi) is 7.48. The van der Waals surface area contributed by atoms with Gasteiger partial charge in [-0.15, -0.1) is 0 Å². The molecule has 2 aliphatic rings. The molecule has 0 aromatic carbocycles. The molecular formula is C21H27F3N4O5. The Bertz CT molecular complexity index is 928. The van der Waals surface area contributed by atoms with Crippen molar-refractivity contribution in [3.05, 3.63) is 42.1 Å². The second-order valence-corrected chi connectivity index (χ2v) is 8.51. The van der Waals surface area contributed by atoms with Crippen LogP contribution >= 0.6 is 0 Å². The lowest BCUT2D eigenvalue weighted by Crippen LogP contribution is -2.66. The number of carbonyl (C=O) groups excluding carboxylic acids is 1. The third-order valence-corrected chi connectivity index (χ3v) is 5.63. The first kappa shape index (κ1) is 24.8. The highest BCUT2D eigenvalue weighted by molar-refractivity contribution is 5.93. The molecule has 9 nitrogen and oxygen atoms in total. The molecule has 2 aromatic rings. The lowest BCUT2D eigenvalue weighted by molar-refractivity contribution is -0.192. The molecule has 0 radical (unpaired) electrons. The van der Waals surface area contributed by atoms with E-state index in [-0.39, 0.29) is 11.5 Å². The van der Waals surface area contributed by atoms with E-state index >= 15 is 0 Å². The lowest BCUT2D eigenvalue weighted by Gasteiger charge is -2.52. The predicted molar refractivity (Wildman–Crippen MR) is 109 cm³/mol. The van der Waals surface area contributed by atoms with Crippen LogP contribution in [0, 0.1) is 5.92 Å². The molecule has 2 aliphatic heterocycles. The average Bonchev–Trinajstić information content (AvgIpc) is 3.38. The summed E-state index contributed by atoms with van der Waals surface area (Å²) in [7, 11) is 3.94. The van der Waals surface area contributed by atoms with Gasteiger partial charge in [-0.2, -0.15) is 18.3 Å². The number of furan rings is 1. The van der Waals surface area contributed by atoms with Crippen LogP contribution in [0.4, 0.5) is 13.2 Å². The molecule has 4 heterocycles. The van der Waals surface area contributed by atoms with Crippen molar-refractivity contribution in [3.8, 4) is 0 Å². The van der Waals surface area contributed by atoms with Gasteiger partial charge in [-0.25, -0.2) is 4.79 Å². The number of aliphatic carboxylic acids is 1. The molecule has 1 atom stereocenters. The van der Waals surface area contributed by atoms with Crippen LogP contribution in [0.5, 0.6) is 0 Å². The van der Waals surface area contributed by atoms with Crippen molar-refractivity contribution < 1.29 is 37.0 Å². The summed E-state index contributed by atoms with van der Waals surface area (Å²) >= 11 is 0. The van der Waals surface area contributed by atoms with E-state index in [2.05, 4.69) is 17.0 Å². The number of aryl methyl sites for hydroxylation is 1. The molecule has 1 spiro atoms. The predicted octanol–water partition coefficient (Wildman–Crippen LogP) is 2.40. The van der Waals surface area contributed by atoms with Gasteiger partial charge in [-0.1, -0.05) is 0 Å². The van der Waals surface area contributed by atoms with Gasteiger partial charge in [0.1, 0.15) is 17.1 Å². The molecule has 0 bridgehead atoms. The fraction of sp³-hybridized carbons (Fsp3) is 0.571. The maximum atomic E-state index is 12.4. The zero-order valence-corrected chi connectivity index (χ0v) is 18.4. The number of halogens is 3. The van der Waals surface area contributed by atoms with Crippen LogP contribution in [0.25, 0.3) is 0 Å². The number of likely N-dealkylation sites (tertiary alicyclic amines) is 1. The minimum Gasteiger partial charge on any atom is -0.475 e. The van der Waals surface area contributed by atoms with E-state index in [1.807, 2.05) is 24.1 Å². The van der Waals surface area contributed by atoms with Crippen LogP contribution in [-0.2, 0) is 23.1 Å². The molecule has 1 unspecified atom stereocenters. The van der Waals surface area contributed by atoms with Crippen molar-refractivity contribution in [2.45, 2.75) is 31.2 Å². The smallest absolute Gasteiger partial charge is 0.475 e. The number of carbonyl (C=O) groups is 2. The highest BCUT2D eigenvalue weighted by Gasteiger charge is 2.48. The number of hydrogen-bond acceptors (Lipinski definition) is 6. The largest absolute Gasteiger partial charge is 0.490 e. The van der Waals surface area contributed by atoms with Crippen molar-refractivity contribution in [1.82, 2.24) is 19.6 Å². The SMILES string of the molecule is CN(Cc1ccco1)CC1CCC2(CN(C(=O)c3ccn(C)n3)C2)OC1.O=C(O)C(F)(F)F. The molecule has 2 aromatic heterocycles. The number of aromatic nitrogens is 2. The second-order valence-electron chi connectivity index (χ2n) is 8.51. The van der Waals surface area contributed by atoms with Crippen LogP contribution < -0.4 is 0 Å². The van der Waals surface area contributed by atoms with Crippen molar-refractivity contribution in [2.24, 2.45) is 13.0 Å². The van der Waals surface area contributed by atoms with E-state index < -0.39 is 12.1 Å². The fourth-order valence-corrected chi connectivity index (χ4v) is 3.97. The number of hydrogen-bond donors (Lipinski definition) is 1. The van der Waals surface area contributed by atoms with Crippen LogP contribution in [0.1, 0.15) is 29.1 Å². The first-order chi connectivity index (χ1) is 15.5. The number of carboxylic acid groups (broad SMARTS) is 1. The summed E-state index contributed by atoms with van der Waals surface area (Å²) in [6.45, 7) is 3.93. The van der Waals surface area contributed by atoms with E-state index in [9.17, 15) is 18.0 Å². The van der Waals surface area contributed by atoms with E-state index in [1.165, 1.54) is 0 Å². The Morgan fingerprint density at radius 3 is 2.52 bits per heavy atom. The summed E-state index contributed by atoms with van der Waals surface area (Å²) in [5, 5.41) is 11.3. The van der Waals surface area contributed by atoms with Crippen LogP contribution in [0.15, 0.2) is 35.1 Å². The Balaban J connectivity index is 0.000000383. The molecular weight excluding hydrogens is 445 g/mol. The van der Waals surface area contributed by atoms with Gasteiger partial charge in [0, 0.05) is 19.8 Å². The molecule has 33 heavy (non-hydrogen) atoms. The zero-order valence-electron chi connectivity index (χ0n) is 18.4. The van der Waals surface area contributed by atoms with Gasteiger partial charge in [0.15, 0.2) is 0 Å². The second kappa shape index (κ2) is 9.96. The van der Waals surface area contributed by atoms with Gasteiger partial charge in [0.05, 0.1) is 32.5 Å². The van der Waals surface area contributed by atoms with Gasteiger partial charge in [-0.05, 0) is 44.0 Å². The topological polar surface area (TPSA) is 101 Å². The summed E-state index contributed by atoms with van der Waals surface area (Å²) in [6, 6.07) is 5.69. The molecule has 1 N–H and O–H groups in total. The normalized spacial score (nSPS) is 19.7. The van der Waals surface area contributed by atoms with Crippen LogP contribution in [-0.4, -0.2) is 81.6 Å². The van der Waals surface area contributed by atoms with Crippen molar-refractivity contribution >= 4 is 11.9 Å². The number of amides is 1. The quantitative estimate of drug-likeness (QED) is 0.713. The number of nitrogens with zero attached hydrogens (tertiary/aromatic N) is 4. The van der Waals surface area contributed by atoms with Gasteiger partial charge in [0.2, 0.25) is 0 Å². The molecule has 2 saturated heterocycles. The minimum absolute atomic E-state index is 0.000120. The number of alkyl halides is 3. The summed E-state index contributed by atoms with van der Waals surface area (Å²) in [6.07, 6.45) is 0.571. The average molecular weight is 472 g/mol. The maximum absolute atomic E-state index is 12.4. The zero-order chi connectivity index (χ0) is 24.2. The number of carboxylic acids is 1. The maximum Gasteiger partial charge on any atom is 0.490 e. The van der Waals surface area contributed by atoms with Gasteiger partial charge in [0.25, 0.3) is 5.91 Å². The number of rotatable bonds is 5. The minimum atomic E-state index is -5.08. The third kappa shape index (κ3) is 6.57.